The van der Waals surface area contributed by atoms with Crippen LogP contribution >= 0.6 is 0 Å². The molecule has 0 saturated heterocycles. The van der Waals surface area contributed by atoms with Crippen LogP contribution in [0.1, 0.15) is 38.2 Å². The van der Waals surface area contributed by atoms with Crippen molar-refractivity contribution in [2.45, 2.75) is 44.1 Å². The molecule has 0 heterocycles. The zero-order valence-corrected chi connectivity index (χ0v) is 12.8. The van der Waals surface area contributed by atoms with Crippen molar-refractivity contribution < 1.29 is 13.2 Å². The van der Waals surface area contributed by atoms with E-state index in [1.807, 2.05) is 13.0 Å². The van der Waals surface area contributed by atoms with E-state index >= 15 is 0 Å². The van der Waals surface area contributed by atoms with E-state index in [1.54, 1.807) is 18.2 Å². The van der Waals surface area contributed by atoms with Gasteiger partial charge in [0.1, 0.15) is 0 Å². The second-order valence-corrected chi connectivity index (χ2v) is 7.05. The van der Waals surface area contributed by atoms with Crippen molar-refractivity contribution in [2.75, 3.05) is 13.2 Å². The van der Waals surface area contributed by atoms with Crippen LogP contribution in [0, 0.1) is 5.92 Å². The Morgan fingerprint density at radius 2 is 2.05 bits per heavy atom. The van der Waals surface area contributed by atoms with E-state index in [0.717, 1.165) is 18.4 Å². The van der Waals surface area contributed by atoms with Crippen molar-refractivity contribution in [1.82, 2.24) is 4.72 Å². The molecule has 1 aromatic rings. The molecule has 0 bridgehead atoms. The summed E-state index contributed by atoms with van der Waals surface area (Å²) in [5.74, 6) is 0.497. The van der Waals surface area contributed by atoms with Crippen LogP contribution in [0.5, 0.6) is 0 Å². The van der Waals surface area contributed by atoms with Crippen LogP contribution in [0.3, 0.4) is 0 Å². The van der Waals surface area contributed by atoms with E-state index in [2.05, 4.69) is 4.72 Å². The summed E-state index contributed by atoms with van der Waals surface area (Å²) in [4.78, 5) is 0.327. The lowest BCUT2D eigenvalue weighted by Crippen LogP contribution is -2.28. The van der Waals surface area contributed by atoms with Gasteiger partial charge >= 0.3 is 0 Å². The average molecular weight is 297 g/mol. The monoisotopic (exact) mass is 297 g/mol. The van der Waals surface area contributed by atoms with E-state index in [1.165, 1.54) is 12.8 Å². The Hall–Kier alpha value is -0.910. The van der Waals surface area contributed by atoms with Crippen LogP contribution in [-0.2, 0) is 21.4 Å². The van der Waals surface area contributed by atoms with Gasteiger partial charge in [0.15, 0.2) is 0 Å². The Labute approximate surface area is 121 Å². The molecule has 20 heavy (non-hydrogen) atoms. The summed E-state index contributed by atoms with van der Waals surface area (Å²) in [5, 5.41) is 0. The lowest BCUT2D eigenvalue weighted by Gasteiger charge is -2.12. The highest BCUT2D eigenvalue weighted by Crippen LogP contribution is 2.24. The molecule has 5 heteroatoms. The van der Waals surface area contributed by atoms with Gasteiger partial charge < -0.3 is 4.74 Å². The van der Waals surface area contributed by atoms with Gasteiger partial charge in [-0.3, -0.25) is 0 Å². The summed E-state index contributed by atoms with van der Waals surface area (Å²) in [5.41, 5.74) is 0.885. The first-order valence-corrected chi connectivity index (χ1v) is 8.76. The fourth-order valence-electron chi connectivity index (χ4n) is 2.55. The molecule has 2 rings (SSSR count). The Kier molecular flexibility index (Phi) is 5.57. The second kappa shape index (κ2) is 7.20. The number of hydrogen-bond donors (Lipinski definition) is 1. The minimum absolute atomic E-state index is 0.327. The Bertz CT molecular complexity index is 522. The van der Waals surface area contributed by atoms with Gasteiger partial charge in [-0.15, -0.1) is 0 Å². The number of ether oxygens (including phenoxy) is 1. The molecule has 0 unspecified atom stereocenters. The Morgan fingerprint density at radius 3 is 2.75 bits per heavy atom. The van der Waals surface area contributed by atoms with E-state index < -0.39 is 10.0 Å². The summed E-state index contributed by atoms with van der Waals surface area (Å²) < 4.78 is 32.6. The lowest BCUT2D eigenvalue weighted by molar-refractivity contribution is 0.134. The highest BCUT2D eigenvalue weighted by Gasteiger charge is 2.19. The van der Waals surface area contributed by atoms with Crippen LogP contribution < -0.4 is 4.72 Å². The van der Waals surface area contributed by atoms with Crippen molar-refractivity contribution in [3.63, 3.8) is 0 Å². The molecule has 1 N–H and O–H groups in total. The molecular weight excluding hydrogens is 274 g/mol. The average Bonchev–Trinajstić information content (AvgIpc) is 2.97. The molecule has 112 valence electrons. The third-order valence-corrected chi connectivity index (χ3v) is 5.14. The van der Waals surface area contributed by atoms with Gasteiger partial charge in [0.2, 0.25) is 10.0 Å². The Balaban J connectivity index is 2.00. The summed E-state index contributed by atoms with van der Waals surface area (Å²) in [6.07, 6.45) is 4.70. The highest BCUT2D eigenvalue weighted by atomic mass is 32.2. The van der Waals surface area contributed by atoms with Gasteiger partial charge in [-0.05, 0) is 43.4 Å². The number of benzene rings is 1. The standard InChI is InChI=1S/C15H23NO3S/c1-2-19-12-14-8-5-9-15(10-14)20(17,18)16-11-13-6-3-4-7-13/h5,8-10,13,16H,2-4,6-7,11-12H2,1H3. The molecule has 1 aliphatic carbocycles. The van der Waals surface area contributed by atoms with Crippen molar-refractivity contribution >= 4 is 10.0 Å². The smallest absolute Gasteiger partial charge is 0.240 e. The first kappa shape index (κ1) is 15.5. The third kappa shape index (κ3) is 4.30. The zero-order chi connectivity index (χ0) is 14.4. The molecule has 4 nitrogen and oxygen atoms in total. The van der Waals surface area contributed by atoms with Gasteiger partial charge in [-0.25, -0.2) is 13.1 Å². The van der Waals surface area contributed by atoms with Gasteiger partial charge in [-0.2, -0.15) is 0 Å². The van der Waals surface area contributed by atoms with Crippen molar-refractivity contribution in [1.29, 1.82) is 0 Å². The maximum Gasteiger partial charge on any atom is 0.240 e. The number of nitrogens with one attached hydrogen (secondary N) is 1. The quantitative estimate of drug-likeness (QED) is 0.842. The molecule has 0 spiro atoms. The van der Waals surface area contributed by atoms with Crippen LogP contribution in [0.25, 0.3) is 0 Å². The number of sulfonamides is 1. The zero-order valence-electron chi connectivity index (χ0n) is 12.0. The molecule has 0 aromatic heterocycles. The van der Waals surface area contributed by atoms with Crippen LogP contribution in [0.2, 0.25) is 0 Å². The van der Waals surface area contributed by atoms with E-state index in [0.29, 0.717) is 30.6 Å². The first-order chi connectivity index (χ1) is 9.62. The maximum atomic E-state index is 12.3. The minimum atomic E-state index is -3.40. The van der Waals surface area contributed by atoms with Crippen LogP contribution in [-0.4, -0.2) is 21.6 Å². The van der Waals surface area contributed by atoms with Crippen LogP contribution in [0.15, 0.2) is 29.2 Å². The van der Waals surface area contributed by atoms with Crippen molar-refractivity contribution in [3.05, 3.63) is 29.8 Å². The summed E-state index contributed by atoms with van der Waals surface area (Å²) in [6, 6.07) is 6.96. The molecule has 0 amide bonds. The second-order valence-electron chi connectivity index (χ2n) is 5.29. The fourth-order valence-corrected chi connectivity index (χ4v) is 3.73. The number of rotatable bonds is 7. The maximum absolute atomic E-state index is 12.3. The van der Waals surface area contributed by atoms with Crippen molar-refractivity contribution in [3.8, 4) is 0 Å². The van der Waals surface area contributed by atoms with Gasteiger partial charge in [0, 0.05) is 13.2 Å². The Morgan fingerprint density at radius 1 is 1.30 bits per heavy atom. The predicted octanol–water partition coefficient (Wildman–Crippen LogP) is 2.69. The molecule has 1 fully saturated rings. The third-order valence-electron chi connectivity index (χ3n) is 3.72. The fraction of sp³-hybridized carbons (Fsp3) is 0.600. The SMILES string of the molecule is CCOCc1cccc(S(=O)(=O)NCC2CCCC2)c1. The predicted molar refractivity (Wildman–Crippen MR) is 78.9 cm³/mol. The molecular formula is C15H23NO3S. The normalized spacial score (nSPS) is 16.6. The van der Waals surface area contributed by atoms with Crippen molar-refractivity contribution in [2.24, 2.45) is 5.92 Å². The topological polar surface area (TPSA) is 55.4 Å². The van der Waals surface area contributed by atoms with Gasteiger partial charge in [0.05, 0.1) is 11.5 Å². The minimum Gasteiger partial charge on any atom is -0.377 e. The molecule has 0 radical (unpaired) electrons. The molecule has 1 saturated carbocycles. The van der Waals surface area contributed by atoms with E-state index in [-0.39, 0.29) is 0 Å². The summed E-state index contributed by atoms with van der Waals surface area (Å²) >= 11 is 0. The van der Waals surface area contributed by atoms with E-state index in [9.17, 15) is 8.42 Å². The molecule has 0 aliphatic heterocycles. The van der Waals surface area contributed by atoms with Gasteiger partial charge in [0.25, 0.3) is 0 Å². The highest BCUT2D eigenvalue weighted by molar-refractivity contribution is 7.89. The lowest BCUT2D eigenvalue weighted by atomic mass is 10.1. The molecule has 0 atom stereocenters. The molecule has 1 aromatic carbocycles. The van der Waals surface area contributed by atoms with Crippen LogP contribution in [0.4, 0.5) is 0 Å². The largest absolute Gasteiger partial charge is 0.377 e. The summed E-state index contributed by atoms with van der Waals surface area (Å²) in [6.45, 7) is 3.54. The van der Waals surface area contributed by atoms with Gasteiger partial charge in [-0.1, -0.05) is 25.0 Å². The molecule has 1 aliphatic rings. The first-order valence-electron chi connectivity index (χ1n) is 7.28. The summed E-state index contributed by atoms with van der Waals surface area (Å²) in [7, 11) is -3.40. The van der Waals surface area contributed by atoms with E-state index in [4.69, 9.17) is 4.74 Å². The number of hydrogen-bond acceptors (Lipinski definition) is 3.